The Bertz CT molecular complexity index is 7900. The van der Waals surface area contributed by atoms with E-state index in [1.807, 2.05) is 140 Å². The van der Waals surface area contributed by atoms with Gasteiger partial charge < -0.3 is 4.42 Å². The van der Waals surface area contributed by atoms with Crippen molar-refractivity contribution in [3.8, 4) is 68.3 Å². The first-order valence-corrected chi connectivity index (χ1v) is 38.1. The van der Waals surface area contributed by atoms with Crippen molar-refractivity contribution < 1.29 is 31.4 Å². The van der Waals surface area contributed by atoms with Crippen LogP contribution in [0.3, 0.4) is 0 Å². The Labute approximate surface area is 650 Å². The second-order valence-electron chi connectivity index (χ2n) is 28.9. The summed E-state index contributed by atoms with van der Waals surface area (Å²) in [5, 5.41) is 5.47. The molecule has 0 saturated heterocycles. The lowest BCUT2D eigenvalue weighted by molar-refractivity contribution is -0.652. The molecule has 0 amide bonds. The number of para-hydroxylation sites is 2. The molecular formula is C88H68N23OS+5. The summed E-state index contributed by atoms with van der Waals surface area (Å²) in [5.41, 5.74) is 26.4. The minimum atomic E-state index is -2.31. The van der Waals surface area contributed by atoms with Gasteiger partial charge in [0.25, 0.3) is 28.6 Å². The molecule has 22 aromatic rings. The Kier molecular flexibility index (Phi) is 13.3. The third kappa shape index (κ3) is 9.14. The van der Waals surface area contributed by atoms with Gasteiger partial charge in [0.2, 0.25) is 56.0 Å². The van der Waals surface area contributed by atoms with Gasteiger partial charge in [-0.2, -0.15) is 9.13 Å². The molecule has 0 unspecified atom stereocenters. The van der Waals surface area contributed by atoms with Crippen molar-refractivity contribution >= 4 is 121 Å². The normalized spacial score (nSPS) is 13.4. The molecule has 542 valence electrons. The molecule has 2 aromatic carbocycles. The highest BCUT2D eigenvalue weighted by Gasteiger charge is 2.42. The van der Waals surface area contributed by atoms with E-state index in [-0.39, 0.29) is 0 Å². The summed E-state index contributed by atoms with van der Waals surface area (Å²) in [6, 6.07) is 61.8. The maximum atomic E-state index is 8.00. The van der Waals surface area contributed by atoms with Gasteiger partial charge >= 0.3 is 5.71 Å². The van der Waals surface area contributed by atoms with E-state index in [0.29, 0.717) is 23.6 Å². The van der Waals surface area contributed by atoms with Gasteiger partial charge in [-0.15, -0.1) is 0 Å². The van der Waals surface area contributed by atoms with Crippen LogP contribution in [0, 0.1) is 0 Å². The number of aromatic nitrogens is 23. The maximum Gasteiger partial charge on any atom is 0.341 e. The van der Waals surface area contributed by atoms with Crippen LogP contribution in [0.4, 0.5) is 0 Å². The fourth-order valence-corrected chi connectivity index (χ4v) is 19.5. The second kappa shape index (κ2) is 24.5. The molecule has 5 aliphatic heterocycles. The van der Waals surface area contributed by atoms with E-state index in [1.54, 1.807) is 29.9 Å². The van der Waals surface area contributed by atoms with Crippen LogP contribution in [0.15, 0.2) is 248 Å². The van der Waals surface area contributed by atoms with Gasteiger partial charge in [-0.25, -0.2) is 61.5 Å². The Morgan fingerprint density at radius 2 is 0.681 bits per heavy atom. The summed E-state index contributed by atoms with van der Waals surface area (Å²) >= 11 is 1.76. The van der Waals surface area contributed by atoms with Crippen molar-refractivity contribution in [2.45, 2.75) is 32.7 Å². The number of imidazole rings is 5. The minimum absolute atomic E-state index is 0.484. The van der Waals surface area contributed by atoms with Crippen molar-refractivity contribution in [3.63, 3.8) is 0 Å². The molecule has 0 aliphatic carbocycles. The number of hydrogen-bond donors (Lipinski definition) is 0. The smallest absolute Gasteiger partial charge is 0.341 e. The van der Waals surface area contributed by atoms with Crippen LogP contribution in [0.1, 0.15) is 32.6 Å². The van der Waals surface area contributed by atoms with Crippen LogP contribution in [-0.2, 0) is 74.9 Å². The summed E-state index contributed by atoms with van der Waals surface area (Å²) in [7, 11) is 10.4. The van der Waals surface area contributed by atoms with Crippen LogP contribution in [0.25, 0.3) is 178 Å². The SMILES string of the molecule is Cn1c2[n+](c3c1c1cccnc1n3-c1ccccc1)Cc1ncccc1-2.Cn1c2[n+](c3c1c1cccnc1n3C)Cc1ncccc1-2.Cn1c2[n+](c3oc4ncccc4c31)Cc1ncccc1-2.[2H]C([2H])([2H])n1c2ncccc2c2c1[n+]1c(n2C)-c2cccnc2C1.c1ccc(-n2c3[n+](c4sc5ncccc5c42)Cc2ncccc2-3)cc1. The average molecular weight is 1500 g/mol. The summed E-state index contributed by atoms with van der Waals surface area (Å²) in [6.45, 7) is 1.43. The summed E-state index contributed by atoms with van der Waals surface area (Å²) in [4.78, 5) is 47.4. The van der Waals surface area contributed by atoms with Gasteiger partial charge in [-0.1, -0.05) is 47.7 Å². The molecule has 0 atom stereocenters. The van der Waals surface area contributed by atoms with Crippen LogP contribution in [0.2, 0.25) is 0 Å². The first-order chi connectivity index (χ1) is 56.9. The lowest BCUT2D eigenvalue weighted by Gasteiger charge is -2.02. The molecule has 24 nitrogen and oxygen atoms in total. The lowest BCUT2D eigenvalue weighted by atomic mass is 10.2. The zero-order valence-electron chi connectivity index (χ0n) is 64.7. The van der Waals surface area contributed by atoms with E-state index in [4.69, 9.17) is 13.5 Å². The molecule has 0 spiro atoms. The van der Waals surface area contributed by atoms with Crippen molar-refractivity contribution in [2.24, 2.45) is 42.2 Å². The first kappa shape index (κ1) is 61.3. The fourth-order valence-electron chi connectivity index (χ4n) is 18.3. The lowest BCUT2D eigenvalue weighted by Crippen LogP contribution is -2.33. The second-order valence-corrected chi connectivity index (χ2v) is 29.9. The fraction of sp³-hybridized carbons (Fsp3) is 0.125. The van der Waals surface area contributed by atoms with Crippen molar-refractivity contribution in [2.75, 3.05) is 0 Å². The van der Waals surface area contributed by atoms with Crippen LogP contribution in [0.5, 0.6) is 0 Å². The third-order valence-electron chi connectivity index (χ3n) is 22.9. The molecule has 25 heterocycles. The van der Waals surface area contributed by atoms with Crippen LogP contribution < -0.4 is 22.8 Å². The highest BCUT2D eigenvalue weighted by atomic mass is 32.1. The van der Waals surface area contributed by atoms with Crippen LogP contribution in [-0.4, -0.2) is 86.4 Å². The molecule has 0 fully saturated rings. The summed E-state index contributed by atoms with van der Waals surface area (Å²) < 4.78 is 58.2. The molecule has 20 aromatic heterocycles. The number of thiophene rings is 1. The standard InChI is InChI=1S/C21H16N5.C20H13N4S.2C16H14N5.C15H11N4O/c1-24-18-16-10-6-12-23-19(16)26(14-7-3-2-4-8-14)21(18)25-13-17-15(20(24)25)9-5-11-22-17;1-2-6-13(7-3-1)24-17-15-9-5-11-22-18(15)25-20(17)23-12-16-14(19(23)24)8-4-10-21-16;2*1-19-13-11-6-4-8-18-14(11)20(2)16(13)21-9-12-10(15(19)21)5-3-7-17-12;1-18-12-10-5-3-7-17-13(10)20-15(12)19-8-11-9(14(18)19)4-2-6-16-11/h2-12H,13H2,1H3;1-11H,12H2;2*3-8H,9H2,1-2H3;2-7H,8H2,1H3/q5*+1/i;;2D3;;. The Hall–Kier alpha value is -14.6. The molecule has 0 N–H and O–H groups in total. The molecule has 0 saturated carbocycles. The molecule has 25 heteroatoms. The summed E-state index contributed by atoms with van der Waals surface area (Å²) in [5.74, 6) is 5.76. The maximum absolute atomic E-state index is 8.00. The number of benzene rings is 2. The highest BCUT2D eigenvalue weighted by molar-refractivity contribution is 7.24. The number of fused-ring (bicyclic) bond motifs is 35. The van der Waals surface area contributed by atoms with E-state index in [2.05, 4.69) is 220 Å². The Morgan fingerprint density at radius 3 is 1.20 bits per heavy atom. The quantitative estimate of drug-likeness (QED) is 0.149. The van der Waals surface area contributed by atoms with Crippen molar-refractivity contribution in [3.05, 3.63) is 272 Å². The molecule has 5 aliphatic rings. The van der Waals surface area contributed by atoms with E-state index in [1.165, 1.54) is 98.8 Å². The van der Waals surface area contributed by atoms with Gasteiger partial charge in [0.1, 0.15) is 48.9 Å². The Morgan fingerprint density at radius 1 is 0.310 bits per heavy atom. The van der Waals surface area contributed by atoms with E-state index >= 15 is 0 Å². The largest absolute Gasteiger partial charge is 0.400 e. The topological polar surface area (TPSA) is 201 Å². The number of furan rings is 1. The predicted molar refractivity (Wildman–Crippen MR) is 432 cm³/mol. The van der Waals surface area contributed by atoms with Gasteiger partial charge in [0.15, 0.2) is 16.6 Å². The van der Waals surface area contributed by atoms with Gasteiger partial charge in [0.05, 0.1) is 130 Å². The summed E-state index contributed by atoms with van der Waals surface area (Å²) in [6.07, 6.45) is 18.2. The molecule has 113 heavy (non-hydrogen) atoms. The van der Waals surface area contributed by atoms with Crippen molar-refractivity contribution in [1.82, 2.24) is 86.4 Å². The third-order valence-corrected chi connectivity index (χ3v) is 24.0. The van der Waals surface area contributed by atoms with Crippen LogP contribution >= 0.6 is 11.3 Å². The molecule has 0 radical (unpaired) electrons. The monoisotopic (exact) mass is 1500 g/mol. The van der Waals surface area contributed by atoms with E-state index in [9.17, 15) is 0 Å². The molecule has 27 rings (SSSR count). The van der Waals surface area contributed by atoms with Crippen molar-refractivity contribution in [1.29, 1.82) is 0 Å². The molecule has 0 bridgehead atoms. The first-order valence-electron chi connectivity index (χ1n) is 38.8. The van der Waals surface area contributed by atoms with E-state index < -0.39 is 6.98 Å². The molecular weight excluding hydrogens is 1430 g/mol. The highest BCUT2D eigenvalue weighted by Crippen LogP contribution is 2.43. The average Bonchev–Trinajstić information content (AvgIpc) is 1.54. The van der Waals surface area contributed by atoms with Gasteiger partial charge in [0, 0.05) is 62.0 Å². The van der Waals surface area contributed by atoms with Gasteiger partial charge in [-0.05, 0) is 146 Å². The number of rotatable bonds is 2. The zero-order valence-corrected chi connectivity index (χ0v) is 62.5. The number of nitrogens with zero attached hydrogens (tertiary/aromatic N) is 23. The Balaban J connectivity index is 0.0000000858. The minimum Gasteiger partial charge on any atom is -0.400 e. The van der Waals surface area contributed by atoms with E-state index in [0.717, 1.165) is 121 Å². The number of pyridine rings is 10. The number of hydrogen-bond acceptors (Lipinski definition) is 12. The van der Waals surface area contributed by atoms with Gasteiger partial charge in [-0.3, -0.25) is 38.6 Å². The number of aryl methyl sites for hydroxylation is 6. The predicted octanol–water partition coefficient (Wildman–Crippen LogP) is 12.8. The zero-order chi connectivity index (χ0) is 77.7.